The Labute approximate surface area is 90.0 Å². The molecule has 0 rings (SSSR count). The Morgan fingerprint density at radius 1 is 1.21 bits per heavy atom. The number of hydrazine groups is 1. The van der Waals surface area contributed by atoms with Crippen LogP contribution in [0.1, 0.15) is 47.5 Å². The van der Waals surface area contributed by atoms with Gasteiger partial charge in [-0.25, -0.2) is 5.01 Å². The molecule has 0 aromatic heterocycles. The van der Waals surface area contributed by atoms with Crippen LogP contribution in [0.25, 0.3) is 0 Å². The van der Waals surface area contributed by atoms with Gasteiger partial charge in [-0.15, -0.1) is 0 Å². The van der Waals surface area contributed by atoms with Crippen LogP contribution in [0.5, 0.6) is 0 Å². The molecule has 0 unspecified atom stereocenters. The Morgan fingerprint density at radius 3 is 2.21 bits per heavy atom. The molecule has 0 aliphatic carbocycles. The number of hydrogen-bond donors (Lipinski definition) is 1. The highest BCUT2D eigenvalue weighted by molar-refractivity contribution is 4.62. The second-order valence-corrected chi connectivity index (χ2v) is 5.82. The van der Waals surface area contributed by atoms with Crippen LogP contribution in [-0.4, -0.2) is 25.1 Å². The van der Waals surface area contributed by atoms with Gasteiger partial charge < -0.3 is 0 Å². The molecule has 0 saturated carbocycles. The van der Waals surface area contributed by atoms with Crippen molar-refractivity contribution in [1.29, 1.82) is 0 Å². The van der Waals surface area contributed by atoms with E-state index < -0.39 is 0 Å². The van der Waals surface area contributed by atoms with Crippen molar-refractivity contribution in [2.75, 3.05) is 20.1 Å². The summed E-state index contributed by atoms with van der Waals surface area (Å²) < 4.78 is 0. The summed E-state index contributed by atoms with van der Waals surface area (Å²) in [6, 6.07) is 0. The maximum atomic E-state index is 3.43. The topological polar surface area (TPSA) is 15.3 Å². The molecule has 0 atom stereocenters. The van der Waals surface area contributed by atoms with Crippen LogP contribution in [-0.2, 0) is 0 Å². The van der Waals surface area contributed by atoms with E-state index in [-0.39, 0.29) is 0 Å². The van der Waals surface area contributed by atoms with Crippen molar-refractivity contribution in [2.45, 2.75) is 47.5 Å². The molecular weight excluding hydrogens is 172 g/mol. The van der Waals surface area contributed by atoms with Crippen LogP contribution in [0.15, 0.2) is 0 Å². The molecular formula is C12H28N2. The van der Waals surface area contributed by atoms with E-state index in [1.807, 2.05) is 0 Å². The van der Waals surface area contributed by atoms with Crippen molar-refractivity contribution in [3.63, 3.8) is 0 Å². The van der Waals surface area contributed by atoms with Gasteiger partial charge in [0.15, 0.2) is 0 Å². The molecule has 14 heavy (non-hydrogen) atoms. The molecule has 0 heterocycles. The largest absolute Gasteiger partial charge is 0.255 e. The van der Waals surface area contributed by atoms with Crippen LogP contribution in [0.2, 0.25) is 0 Å². The first-order chi connectivity index (χ1) is 6.31. The zero-order valence-corrected chi connectivity index (χ0v) is 10.9. The summed E-state index contributed by atoms with van der Waals surface area (Å²) in [5, 5.41) is 2.21. The van der Waals surface area contributed by atoms with E-state index in [0.717, 1.165) is 19.0 Å². The molecule has 0 saturated heterocycles. The Morgan fingerprint density at radius 2 is 1.79 bits per heavy atom. The molecule has 1 N–H and O–H groups in total. The molecule has 0 amide bonds. The average molecular weight is 200 g/mol. The van der Waals surface area contributed by atoms with Crippen LogP contribution in [0.3, 0.4) is 0 Å². The van der Waals surface area contributed by atoms with Gasteiger partial charge in [-0.1, -0.05) is 34.6 Å². The lowest BCUT2D eigenvalue weighted by molar-refractivity contribution is 0.205. The quantitative estimate of drug-likeness (QED) is 0.663. The van der Waals surface area contributed by atoms with Crippen molar-refractivity contribution in [2.24, 2.45) is 11.3 Å². The van der Waals surface area contributed by atoms with Crippen LogP contribution >= 0.6 is 0 Å². The third kappa shape index (κ3) is 10.0. The van der Waals surface area contributed by atoms with E-state index in [4.69, 9.17) is 0 Å². The Bertz CT molecular complexity index is 136. The van der Waals surface area contributed by atoms with E-state index in [2.05, 4.69) is 52.1 Å². The van der Waals surface area contributed by atoms with Crippen LogP contribution in [0, 0.1) is 11.3 Å². The lowest BCUT2D eigenvalue weighted by Crippen LogP contribution is -2.37. The van der Waals surface area contributed by atoms with Gasteiger partial charge in [0, 0.05) is 20.1 Å². The standard InChI is InChI=1S/C12H28N2/c1-11(2)7-10-14(6)13-9-8-12(3,4)5/h11,13H,7-10H2,1-6H3. The molecule has 0 spiro atoms. The number of hydrogen-bond acceptors (Lipinski definition) is 2. The molecule has 0 fully saturated rings. The molecule has 0 bridgehead atoms. The van der Waals surface area contributed by atoms with Gasteiger partial charge in [0.1, 0.15) is 0 Å². The summed E-state index contributed by atoms with van der Waals surface area (Å²) in [6.07, 6.45) is 2.48. The highest BCUT2D eigenvalue weighted by atomic mass is 15.5. The summed E-state index contributed by atoms with van der Waals surface area (Å²) in [4.78, 5) is 0. The van der Waals surface area contributed by atoms with Gasteiger partial charge >= 0.3 is 0 Å². The molecule has 0 aliphatic heterocycles. The second-order valence-electron chi connectivity index (χ2n) is 5.82. The van der Waals surface area contributed by atoms with Gasteiger partial charge in [-0.2, -0.15) is 0 Å². The van der Waals surface area contributed by atoms with Gasteiger partial charge in [-0.05, 0) is 24.2 Å². The lowest BCUT2D eigenvalue weighted by atomic mass is 9.92. The first-order valence-corrected chi connectivity index (χ1v) is 5.76. The first-order valence-electron chi connectivity index (χ1n) is 5.76. The summed E-state index contributed by atoms with van der Waals surface area (Å²) in [7, 11) is 2.13. The van der Waals surface area contributed by atoms with Crippen molar-refractivity contribution >= 4 is 0 Å². The van der Waals surface area contributed by atoms with E-state index >= 15 is 0 Å². The third-order valence-corrected chi connectivity index (χ3v) is 2.30. The predicted molar refractivity (Wildman–Crippen MR) is 64.2 cm³/mol. The maximum Gasteiger partial charge on any atom is 0.0130 e. The summed E-state index contributed by atoms with van der Waals surface area (Å²) in [6.45, 7) is 13.6. The van der Waals surface area contributed by atoms with Gasteiger partial charge in [0.2, 0.25) is 0 Å². The van der Waals surface area contributed by atoms with Crippen molar-refractivity contribution in [3.05, 3.63) is 0 Å². The molecule has 86 valence electrons. The van der Waals surface area contributed by atoms with Gasteiger partial charge in [0.25, 0.3) is 0 Å². The van der Waals surface area contributed by atoms with Gasteiger partial charge in [0.05, 0.1) is 0 Å². The van der Waals surface area contributed by atoms with E-state index in [0.29, 0.717) is 5.41 Å². The van der Waals surface area contributed by atoms with Crippen molar-refractivity contribution in [3.8, 4) is 0 Å². The Balaban J connectivity index is 3.40. The Hall–Kier alpha value is -0.0800. The normalized spacial score (nSPS) is 12.9. The first kappa shape index (κ1) is 13.9. The highest BCUT2D eigenvalue weighted by Crippen LogP contribution is 2.16. The molecule has 0 aliphatic rings. The minimum atomic E-state index is 0.436. The lowest BCUT2D eigenvalue weighted by Gasteiger charge is -2.23. The van der Waals surface area contributed by atoms with E-state index in [9.17, 15) is 0 Å². The maximum absolute atomic E-state index is 3.43. The number of nitrogens with zero attached hydrogens (tertiary/aromatic N) is 1. The summed E-state index contributed by atoms with van der Waals surface area (Å²) in [5.74, 6) is 0.793. The minimum Gasteiger partial charge on any atom is -0.255 e. The summed E-state index contributed by atoms with van der Waals surface area (Å²) in [5.41, 5.74) is 3.86. The molecule has 0 radical (unpaired) electrons. The zero-order valence-electron chi connectivity index (χ0n) is 10.9. The highest BCUT2D eigenvalue weighted by Gasteiger charge is 2.09. The van der Waals surface area contributed by atoms with Gasteiger partial charge in [-0.3, -0.25) is 5.43 Å². The zero-order chi connectivity index (χ0) is 11.2. The number of rotatable bonds is 6. The summed E-state index contributed by atoms with van der Waals surface area (Å²) >= 11 is 0. The Kier molecular flexibility index (Phi) is 6.38. The van der Waals surface area contributed by atoms with Crippen LogP contribution in [0.4, 0.5) is 0 Å². The fourth-order valence-corrected chi connectivity index (χ4v) is 1.15. The third-order valence-electron chi connectivity index (χ3n) is 2.30. The predicted octanol–water partition coefficient (Wildman–Crippen LogP) is 2.91. The van der Waals surface area contributed by atoms with Crippen molar-refractivity contribution < 1.29 is 0 Å². The smallest absolute Gasteiger partial charge is 0.0130 e. The van der Waals surface area contributed by atoms with Crippen molar-refractivity contribution in [1.82, 2.24) is 10.4 Å². The van der Waals surface area contributed by atoms with Crippen LogP contribution < -0.4 is 5.43 Å². The average Bonchev–Trinajstić information content (AvgIpc) is 1.98. The SMILES string of the molecule is CC(C)CCN(C)NCCC(C)(C)C. The van der Waals surface area contributed by atoms with E-state index in [1.165, 1.54) is 12.8 Å². The molecule has 2 nitrogen and oxygen atoms in total. The fourth-order valence-electron chi connectivity index (χ4n) is 1.15. The van der Waals surface area contributed by atoms with E-state index in [1.54, 1.807) is 0 Å². The molecule has 0 aromatic rings. The monoisotopic (exact) mass is 200 g/mol. The number of nitrogens with one attached hydrogen (secondary N) is 1. The molecule has 0 aromatic carbocycles. The minimum absolute atomic E-state index is 0.436. The fraction of sp³-hybridized carbons (Fsp3) is 1.00. The molecule has 2 heteroatoms. The second kappa shape index (κ2) is 6.41.